The summed E-state index contributed by atoms with van der Waals surface area (Å²) in [6.45, 7) is 1.48. The summed E-state index contributed by atoms with van der Waals surface area (Å²) < 4.78 is 0. The van der Waals surface area contributed by atoms with Gasteiger partial charge in [-0.05, 0) is 18.9 Å². The highest BCUT2D eigenvalue weighted by molar-refractivity contribution is 5.98. The van der Waals surface area contributed by atoms with E-state index < -0.39 is 0 Å². The molecule has 1 fully saturated rings. The molecule has 4 rings (SSSR count). The molecule has 0 unspecified atom stereocenters. The van der Waals surface area contributed by atoms with Crippen LogP contribution >= 0.6 is 0 Å². The maximum atomic E-state index is 13.0. The van der Waals surface area contributed by atoms with Crippen molar-refractivity contribution in [3.05, 3.63) is 60.3 Å². The van der Waals surface area contributed by atoms with Crippen LogP contribution in [-0.4, -0.2) is 44.1 Å². The van der Waals surface area contributed by atoms with Crippen molar-refractivity contribution in [2.24, 2.45) is 0 Å². The Morgan fingerprint density at radius 3 is 2.88 bits per heavy atom. The van der Waals surface area contributed by atoms with E-state index >= 15 is 0 Å². The average molecular weight is 321 g/mol. The number of rotatable bonds is 3. The van der Waals surface area contributed by atoms with Gasteiger partial charge in [0.15, 0.2) is 0 Å². The molecule has 0 aliphatic carbocycles. The molecule has 122 valence electrons. The van der Waals surface area contributed by atoms with Crippen LogP contribution < -0.4 is 0 Å². The summed E-state index contributed by atoms with van der Waals surface area (Å²) in [5.41, 5.74) is 3.32. The number of amides is 1. The molecule has 1 aliphatic rings. The smallest absolute Gasteiger partial charge is 0.272 e. The Kier molecular flexibility index (Phi) is 3.86. The third kappa shape index (κ3) is 2.71. The van der Waals surface area contributed by atoms with E-state index in [4.69, 9.17) is 0 Å². The summed E-state index contributed by atoms with van der Waals surface area (Å²) in [6, 6.07) is 11.8. The van der Waals surface area contributed by atoms with Gasteiger partial charge in [-0.1, -0.05) is 30.3 Å². The van der Waals surface area contributed by atoms with Crippen LogP contribution in [0.2, 0.25) is 0 Å². The molecule has 1 aromatic carbocycles. The van der Waals surface area contributed by atoms with E-state index in [-0.39, 0.29) is 5.91 Å². The minimum atomic E-state index is 0.00979. The molecule has 3 heterocycles. The number of carbonyl (C=O) groups is 1. The molecule has 1 aliphatic heterocycles. The van der Waals surface area contributed by atoms with Crippen molar-refractivity contribution in [3.63, 3.8) is 0 Å². The van der Waals surface area contributed by atoms with Crippen LogP contribution in [0.4, 0.5) is 0 Å². The first-order chi connectivity index (χ1) is 11.8. The van der Waals surface area contributed by atoms with E-state index in [2.05, 4.69) is 20.2 Å². The van der Waals surface area contributed by atoms with Crippen molar-refractivity contribution >= 4 is 5.91 Å². The summed E-state index contributed by atoms with van der Waals surface area (Å²) in [7, 11) is 0. The number of benzene rings is 1. The van der Waals surface area contributed by atoms with Gasteiger partial charge in [0.2, 0.25) is 0 Å². The standard InChI is InChI=1S/C18H19N5O/c24-18(17-16(19-12-20-17)13-5-2-1-3-6-13)23-10-4-7-14(11-23)15-8-9-21-22-15/h1-3,5-6,8-9,12,14H,4,7,10-11H2,(H,19,20)(H,21,22)/t14-/m0/s1. The number of nitrogens with zero attached hydrogens (tertiary/aromatic N) is 3. The maximum Gasteiger partial charge on any atom is 0.272 e. The minimum Gasteiger partial charge on any atom is -0.340 e. The molecule has 1 saturated heterocycles. The highest BCUT2D eigenvalue weighted by Gasteiger charge is 2.28. The summed E-state index contributed by atoms with van der Waals surface area (Å²) in [6.07, 6.45) is 5.41. The quantitative estimate of drug-likeness (QED) is 0.778. The zero-order valence-corrected chi connectivity index (χ0v) is 13.3. The molecule has 0 saturated carbocycles. The number of piperidine rings is 1. The Hall–Kier alpha value is -2.89. The van der Waals surface area contributed by atoms with E-state index in [0.717, 1.165) is 30.6 Å². The Balaban J connectivity index is 1.57. The number of nitrogens with one attached hydrogen (secondary N) is 2. The molecule has 0 radical (unpaired) electrons. The first kappa shape index (κ1) is 14.7. The summed E-state index contributed by atoms with van der Waals surface area (Å²) in [4.78, 5) is 22.3. The van der Waals surface area contributed by atoms with Gasteiger partial charge in [-0.3, -0.25) is 9.89 Å². The van der Waals surface area contributed by atoms with Crippen molar-refractivity contribution in [2.75, 3.05) is 13.1 Å². The van der Waals surface area contributed by atoms with Crippen molar-refractivity contribution in [1.82, 2.24) is 25.1 Å². The highest BCUT2D eigenvalue weighted by atomic mass is 16.2. The van der Waals surface area contributed by atoms with E-state index in [9.17, 15) is 4.79 Å². The predicted molar refractivity (Wildman–Crippen MR) is 90.5 cm³/mol. The summed E-state index contributed by atoms with van der Waals surface area (Å²) in [5.74, 6) is 0.323. The van der Waals surface area contributed by atoms with Gasteiger partial charge in [0, 0.05) is 36.5 Å². The van der Waals surface area contributed by atoms with Crippen LogP contribution in [0.3, 0.4) is 0 Å². The first-order valence-electron chi connectivity index (χ1n) is 8.20. The van der Waals surface area contributed by atoms with Crippen LogP contribution in [0.15, 0.2) is 48.9 Å². The molecule has 0 bridgehead atoms. The van der Waals surface area contributed by atoms with Gasteiger partial charge in [-0.15, -0.1) is 0 Å². The number of H-pyrrole nitrogens is 2. The molecule has 2 N–H and O–H groups in total. The molecule has 2 aromatic heterocycles. The van der Waals surface area contributed by atoms with Gasteiger partial charge in [0.1, 0.15) is 11.4 Å². The van der Waals surface area contributed by atoms with Gasteiger partial charge >= 0.3 is 0 Å². The van der Waals surface area contributed by atoms with Crippen molar-refractivity contribution in [3.8, 4) is 11.3 Å². The fraction of sp³-hybridized carbons (Fsp3) is 0.278. The second-order valence-electron chi connectivity index (χ2n) is 6.09. The molecular formula is C18H19N5O. The maximum absolute atomic E-state index is 13.0. The lowest BCUT2D eigenvalue weighted by atomic mass is 9.94. The van der Waals surface area contributed by atoms with E-state index in [0.29, 0.717) is 23.9 Å². The largest absolute Gasteiger partial charge is 0.340 e. The topological polar surface area (TPSA) is 77.7 Å². The number of aromatic nitrogens is 4. The molecule has 1 amide bonds. The highest BCUT2D eigenvalue weighted by Crippen LogP contribution is 2.28. The van der Waals surface area contributed by atoms with Crippen LogP contribution in [0.1, 0.15) is 34.9 Å². The Morgan fingerprint density at radius 1 is 1.21 bits per heavy atom. The molecule has 6 heteroatoms. The van der Waals surface area contributed by atoms with Gasteiger partial charge in [0.05, 0.1) is 6.33 Å². The van der Waals surface area contributed by atoms with Gasteiger partial charge in [0.25, 0.3) is 5.91 Å². The molecule has 0 spiro atoms. The second-order valence-corrected chi connectivity index (χ2v) is 6.09. The van der Waals surface area contributed by atoms with Gasteiger partial charge in [-0.2, -0.15) is 5.10 Å². The molecule has 24 heavy (non-hydrogen) atoms. The number of carbonyl (C=O) groups excluding carboxylic acids is 1. The molecular weight excluding hydrogens is 302 g/mol. The zero-order valence-electron chi connectivity index (χ0n) is 13.3. The Bertz CT molecular complexity index is 809. The monoisotopic (exact) mass is 321 g/mol. The van der Waals surface area contributed by atoms with E-state index in [1.54, 1.807) is 12.5 Å². The zero-order chi connectivity index (χ0) is 16.4. The van der Waals surface area contributed by atoms with Crippen molar-refractivity contribution in [2.45, 2.75) is 18.8 Å². The fourth-order valence-corrected chi connectivity index (χ4v) is 3.34. The van der Waals surface area contributed by atoms with E-state index in [1.807, 2.05) is 41.3 Å². The predicted octanol–water partition coefficient (Wildman–Crippen LogP) is 2.82. The number of hydrogen-bond donors (Lipinski definition) is 2. The van der Waals surface area contributed by atoms with Crippen molar-refractivity contribution < 1.29 is 4.79 Å². The first-order valence-corrected chi connectivity index (χ1v) is 8.20. The third-order valence-electron chi connectivity index (χ3n) is 4.57. The number of aromatic amines is 2. The second kappa shape index (κ2) is 6.31. The lowest BCUT2D eigenvalue weighted by Crippen LogP contribution is -2.39. The summed E-state index contributed by atoms with van der Waals surface area (Å²) >= 11 is 0. The van der Waals surface area contributed by atoms with Crippen LogP contribution in [-0.2, 0) is 0 Å². The summed E-state index contributed by atoms with van der Waals surface area (Å²) in [5, 5.41) is 7.06. The van der Waals surface area contributed by atoms with Crippen molar-refractivity contribution in [1.29, 1.82) is 0 Å². The number of hydrogen-bond acceptors (Lipinski definition) is 3. The SMILES string of the molecule is O=C(c1[nH]cnc1-c1ccccc1)N1CCC[C@H](c2ccn[nH]2)C1. The van der Waals surface area contributed by atoms with Crippen LogP contribution in [0.25, 0.3) is 11.3 Å². The Labute approximate surface area is 139 Å². The molecule has 3 aromatic rings. The third-order valence-corrected chi connectivity index (χ3v) is 4.57. The molecule has 6 nitrogen and oxygen atoms in total. The minimum absolute atomic E-state index is 0.00979. The van der Waals surface area contributed by atoms with E-state index in [1.165, 1.54) is 0 Å². The van der Waals surface area contributed by atoms with Crippen LogP contribution in [0, 0.1) is 0 Å². The normalized spacial score (nSPS) is 17.8. The average Bonchev–Trinajstić information content (AvgIpc) is 3.34. The van der Waals surface area contributed by atoms with Gasteiger partial charge in [-0.25, -0.2) is 4.98 Å². The lowest BCUT2D eigenvalue weighted by Gasteiger charge is -2.32. The number of imidazole rings is 1. The van der Waals surface area contributed by atoms with Gasteiger partial charge < -0.3 is 9.88 Å². The molecule has 1 atom stereocenters. The lowest BCUT2D eigenvalue weighted by molar-refractivity contribution is 0.0701. The van der Waals surface area contributed by atoms with Crippen LogP contribution in [0.5, 0.6) is 0 Å². The Morgan fingerprint density at radius 2 is 2.08 bits per heavy atom. The number of likely N-dealkylation sites (tertiary alicyclic amines) is 1. The fourth-order valence-electron chi connectivity index (χ4n) is 3.34.